The van der Waals surface area contributed by atoms with Gasteiger partial charge in [0.15, 0.2) is 0 Å². The van der Waals surface area contributed by atoms with E-state index in [9.17, 15) is 27.9 Å². The number of alkyl halides is 3. The molecule has 1 fully saturated rings. The van der Waals surface area contributed by atoms with Gasteiger partial charge in [-0.2, -0.15) is 13.2 Å². The fourth-order valence-electron chi connectivity index (χ4n) is 2.37. The van der Waals surface area contributed by atoms with Crippen molar-refractivity contribution in [3.8, 4) is 0 Å². The first-order valence-corrected chi connectivity index (χ1v) is 6.50. The molecule has 0 heterocycles. The highest BCUT2D eigenvalue weighted by Gasteiger charge is 2.41. The molecule has 0 unspecified atom stereocenters. The van der Waals surface area contributed by atoms with Crippen LogP contribution in [0.1, 0.15) is 38.5 Å². The third-order valence-corrected chi connectivity index (χ3v) is 3.48. The number of hydrogen-bond acceptors (Lipinski definition) is 2. The van der Waals surface area contributed by atoms with Gasteiger partial charge in [-0.05, 0) is 12.8 Å². The standard InChI is InChI=1S/C12H19F3N2O3/c1-17(8-12(13,14)15)10(20)16-11(9(18)19)6-4-2-3-5-7-11/h2-8H2,1H3,(H,16,20)(H,18,19). The number of nitrogens with one attached hydrogen (secondary N) is 1. The molecule has 0 aromatic heterocycles. The molecule has 5 nitrogen and oxygen atoms in total. The number of rotatable bonds is 3. The molecule has 1 aliphatic rings. The Bertz CT molecular complexity index is 363. The van der Waals surface area contributed by atoms with Crippen LogP contribution < -0.4 is 5.32 Å². The zero-order valence-electron chi connectivity index (χ0n) is 11.3. The topological polar surface area (TPSA) is 69.6 Å². The Hall–Kier alpha value is -1.47. The summed E-state index contributed by atoms with van der Waals surface area (Å²) in [6, 6.07) is -1.01. The molecule has 2 amide bonds. The van der Waals surface area contributed by atoms with Gasteiger partial charge in [0.1, 0.15) is 12.1 Å². The fraction of sp³-hybridized carbons (Fsp3) is 0.833. The van der Waals surface area contributed by atoms with Crippen molar-refractivity contribution >= 4 is 12.0 Å². The van der Waals surface area contributed by atoms with Gasteiger partial charge in [0.05, 0.1) is 0 Å². The molecule has 0 aromatic carbocycles. The van der Waals surface area contributed by atoms with Gasteiger partial charge >= 0.3 is 18.2 Å². The molecule has 8 heteroatoms. The molecule has 0 radical (unpaired) electrons. The molecule has 0 bridgehead atoms. The summed E-state index contributed by atoms with van der Waals surface area (Å²) in [6.07, 6.45) is -1.02. The van der Waals surface area contributed by atoms with Crippen molar-refractivity contribution < 1.29 is 27.9 Å². The van der Waals surface area contributed by atoms with Crippen molar-refractivity contribution in [2.24, 2.45) is 0 Å². The second-order valence-corrected chi connectivity index (χ2v) is 5.20. The summed E-state index contributed by atoms with van der Waals surface area (Å²) in [5, 5.41) is 11.6. The van der Waals surface area contributed by atoms with Crippen molar-refractivity contribution in [2.45, 2.75) is 50.2 Å². The molecular weight excluding hydrogens is 277 g/mol. The molecule has 0 atom stereocenters. The minimum atomic E-state index is -4.51. The molecular formula is C12H19F3N2O3. The van der Waals surface area contributed by atoms with Crippen molar-refractivity contribution in [1.82, 2.24) is 10.2 Å². The number of carbonyl (C=O) groups excluding carboxylic acids is 1. The third kappa shape index (κ3) is 4.57. The molecule has 0 aliphatic heterocycles. The number of aliphatic carboxylic acids is 1. The maximum atomic E-state index is 12.2. The van der Waals surface area contributed by atoms with Crippen LogP contribution in [0.15, 0.2) is 0 Å². The highest BCUT2D eigenvalue weighted by atomic mass is 19.4. The van der Waals surface area contributed by atoms with Crippen LogP contribution in [0.3, 0.4) is 0 Å². The molecule has 0 spiro atoms. The molecule has 1 aliphatic carbocycles. The minimum absolute atomic E-state index is 0.244. The lowest BCUT2D eigenvalue weighted by atomic mass is 9.90. The van der Waals surface area contributed by atoms with E-state index in [-0.39, 0.29) is 12.8 Å². The Morgan fingerprint density at radius 3 is 2.10 bits per heavy atom. The molecule has 20 heavy (non-hydrogen) atoms. The van der Waals surface area contributed by atoms with Crippen LogP contribution in [0, 0.1) is 0 Å². The maximum absolute atomic E-state index is 12.2. The van der Waals surface area contributed by atoms with Crippen LogP contribution in [0.4, 0.5) is 18.0 Å². The van der Waals surface area contributed by atoms with Gasteiger partial charge in [0, 0.05) is 7.05 Å². The quantitative estimate of drug-likeness (QED) is 0.786. The van der Waals surface area contributed by atoms with E-state index in [0.29, 0.717) is 17.7 Å². The molecule has 0 saturated heterocycles. The number of nitrogens with zero attached hydrogens (tertiary/aromatic N) is 1. The van der Waals surface area contributed by atoms with Gasteiger partial charge in [0.25, 0.3) is 0 Å². The van der Waals surface area contributed by atoms with E-state index < -0.39 is 30.3 Å². The molecule has 0 aromatic rings. The lowest BCUT2D eigenvalue weighted by Gasteiger charge is -2.31. The highest BCUT2D eigenvalue weighted by Crippen LogP contribution is 2.28. The van der Waals surface area contributed by atoms with Crippen LogP contribution in [-0.2, 0) is 4.79 Å². The second-order valence-electron chi connectivity index (χ2n) is 5.20. The van der Waals surface area contributed by atoms with E-state index in [1.165, 1.54) is 0 Å². The second kappa shape index (κ2) is 6.32. The first-order valence-electron chi connectivity index (χ1n) is 6.50. The monoisotopic (exact) mass is 296 g/mol. The van der Waals surface area contributed by atoms with E-state index in [1.54, 1.807) is 0 Å². The Morgan fingerprint density at radius 2 is 1.70 bits per heavy atom. The summed E-state index contributed by atoms with van der Waals surface area (Å²) in [6.45, 7) is -1.41. The number of carboxylic acids is 1. The zero-order chi connectivity index (χ0) is 15.4. The van der Waals surface area contributed by atoms with Crippen LogP contribution in [0.2, 0.25) is 0 Å². The van der Waals surface area contributed by atoms with Crippen LogP contribution in [0.25, 0.3) is 0 Å². The maximum Gasteiger partial charge on any atom is 0.406 e. The fourth-order valence-corrected chi connectivity index (χ4v) is 2.37. The predicted octanol–water partition coefficient (Wildman–Crippen LogP) is 2.37. The van der Waals surface area contributed by atoms with E-state index in [4.69, 9.17) is 0 Å². The van der Waals surface area contributed by atoms with Gasteiger partial charge in [0.2, 0.25) is 0 Å². The van der Waals surface area contributed by atoms with Gasteiger partial charge in [-0.25, -0.2) is 9.59 Å². The predicted molar refractivity (Wildman–Crippen MR) is 65.3 cm³/mol. The number of halogens is 3. The summed E-state index contributed by atoms with van der Waals surface area (Å²) < 4.78 is 36.7. The van der Waals surface area contributed by atoms with Crippen LogP contribution in [-0.4, -0.2) is 47.3 Å². The Kier molecular flexibility index (Phi) is 5.24. The average Bonchev–Trinajstić information content (AvgIpc) is 2.53. The number of amides is 2. The number of urea groups is 1. The molecule has 1 saturated carbocycles. The minimum Gasteiger partial charge on any atom is -0.480 e. The third-order valence-electron chi connectivity index (χ3n) is 3.48. The van der Waals surface area contributed by atoms with E-state index in [2.05, 4.69) is 5.32 Å². The summed E-state index contributed by atoms with van der Waals surface area (Å²) >= 11 is 0. The van der Waals surface area contributed by atoms with Crippen molar-refractivity contribution in [1.29, 1.82) is 0 Å². The van der Waals surface area contributed by atoms with Gasteiger partial charge in [-0.3, -0.25) is 0 Å². The van der Waals surface area contributed by atoms with Crippen molar-refractivity contribution in [3.63, 3.8) is 0 Å². The Labute approximate surface area is 115 Å². The number of carbonyl (C=O) groups is 2. The van der Waals surface area contributed by atoms with Gasteiger partial charge in [-0.1, -0.05) is 25.7 Å². The summed E-state index contributed by atoms with van der Waals surface area (Å²) in [7, 11) is 0.995. The molecule has 116 valence electrons. The molecule has 1 rings (SSSR count). The highest BCUT2D eigenvalue weighted by molar-refractivity contribution is 5.86. The summed E-state index contributed by atoms with van der Waals surface area (Å²) in [5.41, 5.74) is -1.45. The first-order chi connectivity index (χ1) is 9.16. The SMILES string of the molecule is CN(CC(F)(F)F)C(=O)NC1(C(=O)O)CCCCCC1. The lowest BCUT2D eigenvalue weighted by molar-refractivity contribution is -0.145. The van der Waals surface area contributed by atoms with Gasteiger partial charge < -0.3 is 15.3 Å². The summed E-state index contributed by atoms with van der Waals surface area (Å²) in [5.74, 6) is -1.19. The van der Waals surface area contributed by atoms with E-state index >= 15 is 0 Å². The smallest absolute Gasteiger partial charge is 0.406 e. The Morgan fingerprint density at radius 1 is 1.20 bits per heavy atom. The average molecular weight is 296 g/mol. The number of hydrogen-bond donors (Lipinski definition) is 2. The zero-order valence-corrected chi connectivity index (χ0v) is 11.3. The van der Waals surface area contributed by atoms with E-state index in [0.717, 1.165) is 19.9 Å². The lowest BCUT2D eigenvalue weighted by Crippen LogP contribution is -2.57. The van der Waals surface area contributed by atoms with Gasteiger partial charge in [-0.15, -0.1) is 0 Å². The van der Waals surface area contributed by atoms with Crippen LogP contribution in [0.5, 0.6) is 0 Å². The van der Waals surface area contributed by atoms with Crippen molar-refractivity contribution in [3.05, 3.63) is 0 Å². The Balaban J connectivity index is 2.75. The number of carboxylic acid groups (broad SMARTS) is 1. The molecule has 2 N–H and O–H groups in total. The normalized spacial score (nSPS) is 19.0. The largest absolute Gasteiger partial charge is 0.480 e. The van der Waals surface area contributed by atoms with Crippen LogP contribution >= 0.6 is 0 Å². The van der Waals surface area contributed by atoms with E-state index in [1.807, 2.05) is 0 Å². The summed E-state index contributed by atoms with van der Waals surface area (Å²) in [4.78, 5) is 23.6. The van der Waals surface area contributed by atoms with Crippen molar-refractivity contribution in [2.75, 3.05) is 13.6 Å². The first kappa shape index (κ1) is 16.6.